The Bertz CT molecular complexity index is 697. The first-order valence-corrected chi connectivity index (χ1v) is 9.70. The van der Waals surface area contributed by atoms with Crippen molar-refractivity contribution in [1.29, 1.82) is 0 Å². The van der Waals surface area contributed by atoms with E-state index in [1.165, 1.54) is 6.92 Å². The molecule has 0 aliphatic rings. The molecule has 0 rings (SSSR count). The quantitative estimate of drug-likeness (QED) is 0.146. The first-order chi connectivity index (χ1) is 14.2. The highest BCUT2D eigenvalue weighted by Gasteiger charge is 2.30. The molecule has 0 aromatic rings. The number of amides is 5. The molecule has 4 unspecified atom stereocenters. The third kappa shape index (κ3) is 11.5. The van der Waals surface area contributed by atoms with E-state index in [1.54, 1.807) is 13.8 Å². The zero-order valence-corrected chi connectivity index (χ0v) is 17.8. The molecular weight excluding hydrogens is 412 g/mol. The molecule has 0 heterocycles. The van der Waals surface area contributed by atoms with Crippen LogP contribution in [0, 0.1) is 5.92 Å². The van der Waals surface area contributed by atoms with Crippen molar-refractivity contribution in [2.45, 2.75) is 70.6 Å². The lowest BCUT2D eigenvalue weighted by atomic mass is 10.0. The number of rotatable bonds is 14. The minimum Gasteiger partial charge on any atom is -0.480 e. The predicted octanol–water partition coefficient (Wildman–Crippen LogP) is -2.94. The number of nitrogens with one attached hydrogen (secondary N) is 3. The molecule has 0 bridgehead atoms. The molecule has 0 aromatic carbocycles. The largest absolute Gasteiger partial charge is 0.480 e. The Kier molecular flexibility index (Phi) is 11.8. The minimum atomic E-state index is -1.43. The Morgan fingerprint density at radius 2 is 1.32 bits per heavy atom. The van der Waals surface area contributed by atoms with Gasteiger partial charge in [-0.25, -0.2) is 0 Å². The van der Waals surface area contributed by atoms with E-state index in [0.717, 1.165) is 0 Å². The normalized spacial score (nSPS) is 14.6. The van der Waals surface area contributed by atoms with Crippen molar-refractivity contribution in [3.05, 3.63) is 0 Å². The second kappa shape index (κ2) is 13.2. The smallest absolute Gasteiger partial charge is 0.325 e. The number of hydrogen-bond acceptors (Lipinski definition) is 7. The maximum absolute atomic E-state index is 12.7. The average molecular weight is 444 g/mol. The van der Waals surface area contributed by atoms with Crippen molar-refractivity contribution >= 4 is 35.5 Å². The van der Waals surface area contributed by atoms with Gasteiger partial charge in [-0.3, -0.25) is 28.8 Å². The Morgan fingerprint density at radius 3 is 1.77 bits per heavy atom. The van der Waals surface area contributed by atoms with Gasteiger partial charge in [0, 0.05) is 6.42 Å². The van der Waals surface area contributed by atoms with Gasteiger partial charge in [-0.2, -0.15) is 0 Å². The molecule has 0 saturated heterocycles. The summed E-state index contributed by atoms with van der Waals surface area (Å²) in [5.41, 5.74) is 15.8. The molecule has 0 aliphatic heterocycles. The van der Waals surface area contributed by atoms with Gasteiger partial charge in [0.1, 0.15) is 18.1 Å². The summed E-state index contributed by atoms with van der Waals surface area (Å²) in [6.45, 7) is 4.83. The van der Waals surface area contributed by atoms with Gasteiger partial charge in [0.2, 0.25) is 29.5 Å². The number of aliphatic carboxylic acids is 1. The molecule has 0 radical (unpaired) electrons. The molecule has 0 aromatic heterocycles. The molecular formula is C18H32N6O7. The fourth-order valence-corrected chi connectivity index (χ4v) is 2.47. The van der Waals surface area contributed by atoms with E-state index in [1.807, 2.05) is 0 Å². The van der Waals surface area contributed by atoms with Crippen LogP contribution in [0.15, 0.2) is 0 Å². The van der Waals surface area contributed by atoms with Gasteiger partial charge in [-0.15, -0.1) is 0 Å². The molecule has 0 aliphatic carbocycles. The van der Waals surface area contributed by atoms with Crippen molar-refractivity contribution < 1.29 is 33.9 Å². The van der Waals surface area contributed by atoms with E-state index in [-0.39, 0.29) is 25.2 Å². The Labute approximate surface area is 179 Å². The van der Waals surface area contributed by atoms with E-state index in [2.05, 4.69) is 16.0 Å². The first-order valence-electron chi connectivity index (χ1n) is 9.70. The van der Waals surface area contributed by atoms with Crippen LogP contribution in [-0.2, 0) is 28.8 Å². The van der Waals surface area contributed by atoms with E-state index < -0.39 is 66.1 Å². The van der Waals surface area contributed by atoms with Gasteiger partial charge in [-0.05, 0) is 25.7 Å². The Morgan fingerprint density at radius 1 is 0.806 bits per heavy atom. The van der Waals surface area contributed by atoms with Crippen LogP contribution in [0.2, 0.25) is 0 Å². The number of carboxylic acid groups (broad SMARTS) is 1. The Hall–Kier alpha value is -3.22. The van der Waals surface area contributed by atoms with Crippen LogP contribution in [-0.4, -0.2) is 64.8 Å². The van der Waals surface area contributed by atoms with E-state index in [4.69, 9.17) is 22.3 Å². The monoisotopic (exact) mass is 444 g/mol. The Balaban J connectivity index is 5.34. The van der Waals surface area contributed by atoms with Crippen LogP contribution in [0.25, 0.3) is 0 Å². The molecule has 10 N–H and O–H groups in total. The topological polar surface area (TPSA) is 237 Å². The third-order valence-corrected chi connectivity index (χ3v) is 4.15. The highest BCUT2D eigenvalue weighted by Crippen LogP contribution is 2.07. The summed E-state index contributed by atoms with van der Waals surface area (Å²) < 4.78 is 0. The van der Waals surface area contributed by atoms with Crippen molar-refractivity contribution in [2.75, 3.05) is 0 Å². The molecule has 13 heteroatoms. The van der Waals surface area contributed by atoms with Crippen LogP contribution in [0.5, 0.6) is 0 Å². The predicted molar refractivity (Wildman–Crippen MR) is 109 cm³/mol. The molecule has 0 spiro atoms. The van der Waals surface area contributed by atoms with Gasteiger partial charge in [0.15, 0.2) is 0 Å². The number of carbonyl (C=O) groups excluding carboxylic acids is 5. The zero-order valence-electron chi connectivity index (χ0n) is 17.8. The van der Waals surface area contributed by atoms with Gasteiger partial charge in [-0.1, -0.05) is 13.8 Å². The summed E-state index contributed by atoms with van der Waals surface area (Å²) in [4.78, 5) is 70.5. The number of hydrogen-bond donors (Lipinski definition) is 7. The van der Waals surface area contributed by atoms with Crippen LogP contribution < -0.4 is 33.2 Å². The molecule has 13 nitrogen and oxygen atoms in total. The minimum absolute atomic E-state index is 0.0532. The van der Waals surface area contributed by atoms with Gasteiger partial charge in [0.05, 0.1) is 12.5 Å². The van der Waals surface area contributed by atoms with Crippen LogP contribution in [0.1, 0.15) is 46.5 Å². The van der Waals surface area contributed by atoms with Gasteiger partial charge < -0.3 is 38.3 Å². The SMILES string of the molecule is CC(C)CC(NC(=O)C(CC(N)=O)NC(=O)C(N)CCC(N)=O)C(=O)NC(C)C(=O)O. The van der Waals surface area contributed by atoms with E-state index in [0.29, 0.717) is 0 Å². The van der Waals surface area contributed by atoms with Crippen LogP contribution in [0.4, 0.5) is 0 Å². The van der Waals surface area contributed by atoms with Crippen molar-refractivity contribution in [1.82, 2.24) is 16.0 Å². The van der Waals surface area contributed by atoms with Gasteiger partial charge in [0.25, 0.3) is 0 Å². The number of primary amides is 2. The van der Waals surface area contributed by atoms with Crippen LogP contribution >= 0.6 is 0 Å². The fourth-order valence-electron chi connectivity index (χ4n) is 2.47. The summed E-state index contributed by atoms with van der Waals surface area (Å²) in [6.07, 6.45) is -0.627. The molecule has 4 atom stereocenters. The molecule has 5 amide bonds. The highest BCUT2D eigenvalue weighted by molar-refractivity contribution is 5.96. The second-order valence-electron chi connectivity index (χ2n) is 7.60. The standard InChI is InChI=1S/C18H32N6O7/c1-8(2)6-11(16(28)22-9(3)18(30)31)24-17(29)12(7-14(21)26)23-15(27)10(19)4-5-13(20)25/h8-12H,4-7,19H2,1-3H3,(H2,20,25)(H2,21,26)(H,22,28)(H,23,27)(H,24,29)(H,30,31). The highest BCUT2D eigenvalue weighted by atomic mass is 16.4. The van der Waals surface area contributed by atoms with Crippen molar-refractivity contribution in [3.63, 3.8) is 0 Å². The first kappa shape index (κ1) is 27.8. The third-order valence-electron chi connectivity index (χ3n) is 4.15. The molecule has 0 saturated carbocycles. The molecule has 176 valence electrons. The summed E-state index contributed by atoms with van der Waals surface area (Å²) in [5.74, 6) is -5.29. The summed E-state index contributed by atoms with van der Waals surface area (Å²) in [5, 5.41) is 15.9. The van der Waals surface area contributed by atoms with E-state index >= 15 is 0 Å². The average Bonchev–Trinajstić information content (AvgIpc) is 2.63. The lowest BCUT2D eigenvalue weighted by Gasteiger charge is -2.25. The fraction of sp³-hybridized carbons (Fsp3) is 0.667. The van der Waals surface area contributed by atoms with E-state index in [9.17, 15) is 28.8 Å². The van der Waals surface area contributed by atoms with Gasteiger partial charge >= 0.3 is 5.97 Å². The summed E-state index contributed by atoms with van der Waals surface area (Å²) >= 11 is 0. The maximum Gasteiger partial charge on any atom is 0.325 e. The van der Waals surface area contributed by atoms with Crippen LogP contribution in [0.3, 0.4) is 0 Å². The lowest BCUT2D eigenvalue weighted by Crippen LogP contribution is -2.57. The summed E-state index contributed by atoms with van der Waals surface area (Å²) in [6, 6.07) is -4.90. The lowest BCUT2D eigenvalue weighted by molar-refractivity contribution is -0.142. The maximum atomic E-state index is 12.7. The number of carbonyl (C=O) groups is 6. The zero-order chi connectivity index (χ0) is 24.3. The number of carboxylic acids is 1. The summed E-state index contributed by atoms with van der Waals surface area (Å²) in [7, 11) is 0. The number of nitrogens with two attached hydrogens (primary N) is 3. The molecule has 31 heavy (non-hydrogen) atoms. The van der Waals surface area contributed by atoms with Crippen molar-refractivity contribution in [2.24, 2.45) is 23.1 Å². The van der Waals surface area contributed by atoms with Crippen molar-refractivity contribution in [3.8, 4) is 0 Å². The molecule has 0 fully saturated rings. The second-order valence-corrected chi connectivity index (χ2v) is 7.60.